The van der Waals surface area contributed by atoms with Gasteiger partial charge >= 0.3 is 6.03 Å². The van der Waals surface area contributed by atoms with Gasteiger partial charge in [-0.3, -0.25) is 0 Å². The molecule has 0 aliphatic carbocycles. The number of carbonyl (C=O) groups is 1. The van der Waals surface area contributed by atoms with Gasteiger partial charge in [0.2, 0.25) is 0 Å². The molecule has 2 heterocycles. The molecule has 0 radical (unpaired) electrons. The fourth-order valence-corrected chi connectivity index (χ4v) is 3.62. The number of aryl methyl sites for hydroxylation is 1. The average molecular weight is 362 g/mol. The van der Waals surface area contributed by atoms with Crippen molar-refractivity contribution < 1.29 is 4.79 Å². The summed E-state index contributed by atoms with van der Waals surface area (Å²) in [4.78, 5) is 13.5. The molecule has 1 aliphatic rings. The van der Waals surface area contributed by atoms with Crippen molar-refractivity contribution in [2.75, 3.05) is 16.8 Å². The van der Waals surface area contributed by atoms with Gasteiger partial charge in [0.25, 0.3) is 0 Å². The van der Waals surface area contributed by atoms with Gasteiger partial charge in [-0.2, -0.15) is 0 Å². The molecule has 2 aromatic carbocycles. The summed E-state index contributed by atoms with van der Waals surface area (Å²) >= 11 is 0. The summed E-state index contributed by atoms with van der Waals surface area (Å²) in [5.74, 6) is 0. The van der Waals surface area contributed by atoms with Gasteiger partial charge in [-0.15, -0.1) is 5.10 Å². The molecule has 0 unspecified atom stereocenters. The van der Waals surface area contributed by atoms with Crippen LogP contribution in [-0.4, -0.2) is 27.6 Å². The van der Waals surface area contributed by atoms with Crippen LogP contribution in [0.15, 0.2) is 48.7 Å². The van der Waals surface area contributed by atoms with E-state index < -0.39 is 6.03 Å². The van der Waals surface area contributed by atoms with Gasteiger partial charge < -0.3 is 16.0 Å². The maximum Gasteiger partial charge on any atom is 0.316 e. The van der Waals surface area contributed by atoms with Crippen LogP contribution in [0.4, 0.5) is 16.2 Å². The number of para-hydroxylation sites is 1. The van der Waals surface area contributed by atoms with E-state index in [4.69, 9.17) is 5.73 Å². The second kappa shape index (κ2) is 7.11. The number of amides is 2. The zero-order chi connectivity index (χ0) is 18.8. The van der Waals surface area contributed by atoms with Crippen LogP contribution in [0.25, 0.3) is 5.69 Å². The van der Waals surface area contributed by atoms with E-state index in [2.05, 4.69) is 39.6 Å². The minimum Gasteiger partial charge on any atom is -0.365 e. The predicted octanol–water partition coefficient (Wildman–Crippen LogP) is 3.02. The number of urea groups is 1. The molecule has 0 spiro atoms. The van der Waals surface area contributed by atoms with Gasteiger partial charge in [0.1, 0.15) is 5.69 Å². The van der Waals surface area contributed by atoms with Crippen molar-refractivity contribution in [2.24, 2.45) is 5.73 Å². The van der Waals surface area contributed by atoms with E-state index in [1.54, 1.807) is 0 Å². The lowest BCUT2D eigenvalue weighted by molar-refractivity contribution is 0.259. The molecule has 1 aliphatic heterocycles. The van der Waals surface area contributed by atoms with Crippen molar-refractivity contribution in [1.29, 1.82) is 0 Å². The third-order valence-corrected chi connectivity index (χ3v) is 4.86. The van der Waals surface area contributed by atoms with E-state index >= 15 is 0 Å². The number of primary amides is 1. The average Bonchev–Trinajstić information content (AvgIpc) is 3.11. The van der Waals surface area contributed by atoms with Gasteiger partial charge in [0.15, 0.2) is 0 Å². The molecule has 7 nitrogen and oxygen atoms in total. The van der Waals surface area contributed by atoms with Crippen LogP contribution in [0.5, 0.6) is 0 Å². The maximum absolute atomic E-state index is 11.3. The molecule has 2 amide bonds. The zero-order valence-corrected chi connectivity index (χ0v) is 15.2. The Morgan fingerprint density at radius 2 is 2.00 bits per heavy atom. The number of nitrogens with zero attached hydrogens (tertiary/aromatic N) is 4. The zero-order valence-electron chi connectivity index (χ0n) is 15.2. The Kier molecular flexibility index (Phi) is 4.50. The Labute approximate surface area is 157 Å². The van der Waals surface area contributed by atoms with Crippen LogP contribution < -0.4 is 16.0 Å². The summed E-state index contributed by atoms with van der Waals surface area (Å²) in [6, 6.07) is 13.5. The molecule has 1 aromatic heterocycles. The number of fused-ring (bicyclic) bond motifs is 1. The van der Waals surface area contributed by atoms with Crippen LogP contribution in [-0.2, 0) is 13.0 Å². The first kappa shape index (κ1) is 17.1. The fraction of sp³-hybridized carbons (Fsp3) is 0.250. The van der Waals surface area contributed by atoms with E-state index in [-0.39, 0.29) is 0 Å². The van der Waals surface area contributed by atoms with Gasteiger partial charge in [0, 0.05) is 17.9 Å². The molecule has 0 saturated heterocycles. The van der Waals surface area contributed by atoms with Crippen molar-refractivity contribution in [2.45, 2.75) is 26.3 Å². The topological polar surface area (TPSA) is 89.1 Å². The lowest BCUT2D eigenvalue weighted by Crippen LogP contribution is -2.30. The third kappa shape index (κ3) is 3.48. The Balaban J connectivity index is 1.59. The van der Waals surface area contributed by atoms with Crippen LogP contribution in [0.1, 0.15) is 23.2 Å². The fourth-order valence-electron chi connectivity index (χ4n) is 3.62. The number of hydrogen-bond acceptors (Lipinski definition) is 4. The lowest BCUT2D eigenvalue weighted by atomic mass is 9.99. The van der Waals surface area contributed by atoms with E-state index in [9.17, 15) is 4.79 Å². The standard InChI is InChI=1S/C20H22N6O/c1-14-6-2-3-9-18(14)26-13-15(23-24-26)12-25-11-5-7-16-17(22-20(21)27)8-4-10-19(16)25/h2-4,6,8-10,13H,5,7,11-12H2,1H3,(H3,21,22,27). The normalized spacial score (nSPS) is 13.3. The SMILES string of the molecule is Cc1ccccc1-n1cc(CN2CCCc3c(NC(N)=O)cccc32)nn1. The molecule has 0 atom stereocenters. The molecular weight excluding hydrogens is 340 g/mol. The van der Waals surface area contributed by atoms with Crippen LogP contribution in [0.2, 0.25) is 0 Å². The molecular formula is C20H22N6O. The quantitative estimate of drug-likeness (QED) is 0.747. The van der Waals surface area contributed by atoms with E-state index in [1.807, 2.05) is 41.2 Å². The molecule has 27 heavy (non-hydrogen) atoms. The minimum absolute atomic E-state index is 0.540. The summed E-state index contributed by atoms with van der Waals surface area (Å²) in [5, 5.41) is 11.4. The highest BCUT2D eigenvalue weighted by atomic mass is 16.2. The number of aromatic nitrogens is 3. The number of rotatable bonds is 4. The van der Waals surface area contributed by atoms with Gasteiger partial charge in [-0.1, -0.05) is 29.5 Å². The summed E-state index contributed by atoms with van der Waals surface area (Å²) in [5.41, 5.74) is 11.4. The number of hydrogen-bond donors (Lipinski definition) is 2. The van der Waals surface area contributed by atoms with Crippen molar-refractivity contribution in [1.82, 2.24) is 15.0 Å². The second-order valence-electron chi connectivity index (χ2n) is 6.76. The number of nitrogens with two attached hydrogens (primary N) is 1. The Bertz CT molecular complexity index is 980. The third-order valence-electron chi connectivity index (χ3n) is 4.86. The van der Waals surface area contributed by atoms with Gasteiger partial charge in [-0.25, -0.2) is 9.48 Å². The molecule has 3 aromatic rings. The first-order valence-electron chi connectivity index (χ1n) is 9.02. The number of nitrogens with one attached hydrogen (secondary N) is 1. The molecule has 138 valence electrons. The summed E-state index contributed by atoms with van der Waals surface area (Å²) in [6.45, 7) is 3.66. The van der Waals surface area contributed by atoms with Gasteiger partial charge in [0.05, 0.1) is 18.4 Å². The Hall–Kier alpha value is -3.35. The Morgan fingerprint density at radius 3 is 2.81 bits per heavy atom. The molecule has 0 fully saturated rings. The molecule has 7 heteroatoms. The minimum atomic E-state index is -0.540. The largest absolute Gasteiger partial charge is 0.365 e. The maximum atomic E-state index is 11.3. The summed E-state index contributed by atoms with van der Waals surface area (Å²) in [6.07, 6.45) is 3.90. The first-order chi connectivity index (χ1) is 13.1. The van der Waals surface area contributed by atoms with Crippen LogP contribution in [0, 0.1) is 6.92 Å². The van der Waals surface area contributed by atoms with Crippen LogP contribution in [0.3, 0.4) is 0 Å². The Morgan fingerprint density at radius 1 is 1.19 bits per heavy atom. The smallest absolute Gasteiger partial charge is 0.316 e. The molecule has 0 saturated carbocycles. The number of benzene rings is 2. The van der Waals surface area contributed by atoms with E-state index in [0.29, 0.717) is 6.54 Å². The predicted molar refractivity (Wildman–Crippen MR) is 105 cm³/mol. The van der Waals surface area contributed by atoms with Crippen LogP contribution >= 0.6 is 0 Å². The summed E-state index contributed by atoms with van der Waals surface area (Å²) < 4.78 is 1.82. The van der Waals surface area contributed by atoms with Crippen molar-refractivity contribution in [3.63, 3.8) is 0 Å². The highest BCUT2D eigenvalue weighted by Crippen LogP contribution is 2.33. The highest BCUT2D eigenvalue weighted by molar-refractivity contribution is 5.90. The van der Waals surface area contributed by atoms with E-state index in [1.165, 1.54) is 0 Å². The van der Waals surface area contributed by atoms with Crippen molar-refractivity contribution in [3.05, 3.63) is 65.5 Å². The first-order valence-corrected chi connectivity index (χ1v) is 9.02. The van der Waals surface area contributed by atoms with E-state index in [0.717, 1.165) is 53.3 Å². The second-order valence-corrected chi connectivity index (χ2v) is 6.76. The lowest BCUT2D eigenvalue weighted by Gasteiger charge is -2.31. The molecule has 0 bridgehead atoms. The molecule has 4 rings (SSSR count). The number of carbonyl (C=O) groups excluding carboxylic acids is 1. The summed E-state index contributed by atoms with van der Waals surface area (Å²) in [7, 11) is 0. The highest BCUT2D eigenvalue weighted by Gasteiger charge is 2.21. The number of anilines is 2. The van der Waals surface area contributed by atoms with Crippen molar-refractivity contribution >= 4 is 17.4 Å². The molecule has 3 N–H and O–H groups in total. The van der Waals surface area contributed by atoms with Gasteiger partial charge in [-0.05, 0) is 49.1 Å². The van der Waals surface area contributed by atoms with Crippen molar-refractivity contribution in [3.8, 4) is 5.69 Å². The monoisotopic (exact) mass is 362 g/mol.